The summed E-state index contributed by atoms with van der Waals surface area (Å²) in [5.41, 5.74) is 4.18. The van der Waals surface area contributed by atoms with Gasteiger partial charge >= 0.3 is 0 Å². The van der Waals surface area contributed by atoms with E-state index in [0.29, 0.717) is 25.3 Å². The number of carbonyl (C=O) groups excluding carboxylic acids is 1. The number of aromatic nitrogens is 1. The van der Waals surface area contributed by atoms with Crippen LogP contribution in [0.4, 0.5) is 0 Å². The van der Waals surface area contributed by atoms with E-state index in [1.54, 1.807) is 0 Å². The topological polar surface area (TPSA) is 64.4 Å². The number of benzene rings is 1. The smallest absolute Gasteiger partial charge is 0.224 e. The molecule has 5 heteroatoms. The largest absolute Gasteiger partial charge is 0.371 e. The summed E-state index contributed by atoms with van der Waals surface area (Å²) in [6.45, 7) is 4.81. The number of nitrogens with zero attached hydrogens (tertiary/aromatic N) is 1. The zero-order valence-electron chi connectivity index (χ0n) is 12.9. The molecule has 116 valence electrons. The maximum absolute atomic E-state index is 12.1. The van der Waals surface area contributed by atoms with Gasteiger partial charge in [-0.25, -0.2) is 0 Å². The summed E-state index contributed by atoms with van der Waals surface area (Å²) in [5.74, 6) is 0.673. The SMILES string of the molecule is Cc1noc(C)c1CC(=O)NC[C@H]1Cc2ccccc2CO1. The van der Waals surface area contributed by atoms with Crippen molar-refractivity contribution in [3.63, 3.8) is 0 Å². The highest BCUT2D eigenvalue weighted by Crippen LogP contribution is 2.20. The molecular weight excluding hydrogens is 280 g/mol. The van der Waals surface area contributed by atoms with Gasteiger partial charge in [-0.1, -0.05) is 29.4 Å². The van der Waals surface area contributed by atoms with Crippen LogP contribution in [-0.4, -0.2) is 23.7 Å². The first-order valence-electron chi connectivity index (χ1n) is 7.50. The van der Waals surface area contributed by atoms with Crippen LogP contribution in [0.2, 0.25) is 0 Å². The molecule has 0 aliphatic carbocycles. The van der Waals surface area contributed by atoms with Crippen LogP contribution in [0.3, 0.4) is 0 Å². The Bertz CT molecular complexity index is 659. The van der Waals surface area contributed by atoms with Gasteiger partial charge in [0.2, 0.25) is 5.91 Å². The molecule has 1 aromatic carbocycles. The van der Waals surface area contributed by atoms with E-state index in [4.69, 9.17) is 9.26 Å². The number of nitrogens with one attached hydrogen (secondary N) is 1. The van der Waals surface area contributed by atoms with Crippen molar-refractivity contribution >= 4 is 5.91 Å². The van der Waals surface area contributed by atoms with Crippen molar-refractivity contribution in [2.75, 3.05) is 6.54 Å². The molecule has 0 spiro atoms. The van der Waals surface area contributed by atoms with Gasteiger partial charge in [0.05, 0.1) is 24.8 Å². The van der Waals surface area contributed by atoms with E-state index < -0.39 is 0 Å². The number of ether oxygens (including phenoxy) is 1. The molecule has 0 saturated carbocycles. The number of carbonyl (C=O) groups is 1. The fourth-order valence-corrected chi connectivity index (χ4v) is 2.75. The van der Waals surface area contributed by atoms with E-state index >= 15 is 0 Å². The average Bonchev–Trinajstić information content (AvgIpc) is 2.84. The normalized spacial score (nSPS) is 17.1. The fourth-order valence-electron chi connectivity index (χ4n) is 2.75. The van der Waals surface area contributed by atoms with Gasteiger partial charge in [0.1, 0.15) is 5.76 Å². The van der Waals surface area contributed by atoms with Gasteiger partial charge in [0.25, 0.3) is 0 Å². The molecule has 5 nitrogen and oxygen atoms in total. The summed E-state index contributed by atoms with van der Waals surface area (Å²) in [5, 5.41) is 6.81. The van der Waals surface area contributed by atoms with Crippen molar-refractivity contribution in [3.8, 4) is 0 Å². The van der Waals surface area contributed by atoms with Crippen LogP contribution in [0, 0.1) is 13.8 Å². The van der Waals surface area contributed by atoms with Crippen molar-refractivity contribution in [1.82, 2.24) is 10.5 Å². The number of aryl methyl sites for hydroxylation is 2. The molecule has 0 unspecified atom stereocenters. The lowest BCUT2D eigenvalue weighted by atomic mass is 9.99. The Morgan fingerprint density at radius 2 is 2.09 bits per heavy atom. The molecule has 0 bridgehead atoms. The fraction of sp³-hybridized carbons (Fsp3) is 0.412. The molecule has 1 aliphatic rings. The highest BCUT2D eigenvalue weighted by Gasteiger charge is 2.20. The summed E-state index contributed by atoms with van der Waals surface area (Å²) in [6, 6.07) is 8.27. The molecule has 1 amide bonds. The Morgan fingerprint density at radius 1 is 1.32 bits per heavy atom. The second-order valence-electron chi connectivity index (χ2n) is 5.69. The molecule has 2 heterocycles. The molecule has 2 aromatic rings. The maximum atomic E-state index is 12.1. The number of amides is 1. The van der Waals surface area contributed by atoms with E-state index in [1.807, 2.05) is 26.0 Å². The summed E-state index contributed by atoms with van der Waals surface area (Å²) in [4.78, 5) is 12.1. The Kier molecular flexibility index (Phi) is 4.24. The van der Waals surface area contributed by atoms with E-state index in [0.717, 1.165) is 17.7 Å². The monoisotopic (exact) mass is 300 g/mol. The van der Waals surface area contributed by atoms with Crippen molar-refractivity contribution in [2.24, 2.45) is 0 Å². The lowest BCUT2D eigenvalue weighted by molar-refractivity contribution is -0.121. The van der Waals surface area contributed by atoms with Crippen LogP contribution in [0.5, 0.6) is 0 Å². The summed E-state index contributed by atoms with van der Waals surface area (Å²) in [6.07, 6.45) is 1.16. The highest BCUT2D eigenvalue weighted by molar-refractivity contribution is 5.79. The Labute approximate surface area is 129 Å². The number of fused-ring (bicyclic) bond motifs is 1. The number of rotatable bonds is 4. The van der Waals surface area contributed by atoms with Gasteiger partial charge < -0.3 is 14.6 Å². The van der Waals surface area contributed by atoms with Crippen LogP contribution >= 0.6 is 0 Å². The van der Waals surface area contributed by atoms with Crippen LogP contribution in [0.25, 0.3) is 0 Å². The molecule has 0 radical (unpaired) electrons. The molecular formula is C17H20N2O3. The molecule has 0 saturated heterocycles. The van der Waals surface area contributed by atoms with Crippen molar-refractivity contribution < 1.29 is 14.1 Å². The third kappa shape index (κ3) is 3.20. The number of hydrogen-bond donors (Lipinski definition) is 1. The zero-order valence-corrected chi connectivity index (χ0v) is 12.9. The third-order valence-electron chi connectivity index (χ3n) is 4.09. The van der Waals surface area contributed by atoms with Crippen LogP contribution in [0.15, 0.2) is 28.8 Å². The minimum absolute atomic E-state index is 0.0307. The standard InChI is InChI=1S/C17H20N2O3/c1-11-16(12(2)22-19-11)8-17(20)18-9-15-7-13-5-3-4-6-14(13)10-21-15/h3-6,15H,7-10H2,1-2H3,(H,18,20)/t15-/m1/s1. The van der Waals surface area contributed by atoms with E-state index in [-0.39, 0.29) is 12.0 Å². The van der Waals surface area contributed by atoms with Gasteiger partial charge in [0.15, 0.2) is 0 Å². The first-order valence-corrected chi connectivity index (χ1v) is 7.50. The quantitative estimate of drug-likeness (QED) is 0.939. The summed E-state index contributed by atoms with van der Waals surface area (Å²) < 4.78 is 10.9. The molecule has 1 atom stereocenters. The Balaban J connectivity index is 1.52. The average molecular weight is 300 g/mol. The van der Waals surface area contributed by atoms with Crippen molar-refractivity contribution in [3.05, 3.63) is 52.4 Å². The molecule has 3 rings (SSSR count). The molecule has 1 aliphatic heterocycles. The zero-order chi connectivity index (χ0) is 15.5. The first-order chi connectivity index (χ1) is 10.6. The Morgan fingerprint density at radius 3 is 2.82 bits per heavy atom. The van der Waals surface area contributed by atoms with Gasteiger partial charge in [-0.3, -0.25) is 4.79 Å². The van der Waals surface area contributed by atoms with E-state index in [1.165, 1.54) is 11.1 Å². The predicted molar refractivity (Wildman–Crippen MR) is 81.4 cm³/mol. The van der Waals surface area contributed by atoms with Crippen molar-refractivity contribution in [2.45, 2.75) is 39.4 Å². The van der Waals surface area contributed by atoms with Gasteiger partial charge in [-0.05, 0) is 25.0 Å². The summed E-state index contributed by atoms with van der Waals surface area (Å²) >= 11 is 0. The molecule has 0 fully saturated rings. The molecule has 22 heavy (non-hydrogen) atoms. The van der Waals surface area contributed by atoms with Crippen LogP contribution in [-0.2, 0) is 29.0 Å². The Hall–Kier alpha value is -2.14. The van der Waals surface area contributed by atoms with Gasteiger partial charge in [0, 0.05) is 18.5 Å². The second-order valence-corrected chi connectivity index (χ2v) is 5.69. The lowest BCUT2D eigenvalue weighted by Gasteiger charge is -2.25. The first kappa shape index (κ1) is 14.8. The summed E-state index contributed by atoms with van der Waals surface area (Å²) in [7, 11) is 0. The third-order valence-corrected chi connectivity index (χ3v) is 4.09. The minimum Gasteiger partial charge on any atom is -0.371 e. The molecule has 1 N–H and O–H groups in total. The second kappa shape index (κ2) is 6.32. The van der Waals surface area contributed by atoms with Crippen LogP contribution in [0.1, 0.15) is 28.1 Å². The highest BCUT2D eigenvalue weighted by atomic mass is 16.5. The van der Waals surface area contributed by atoms with Crippen molar-refractivity contribution in [1.29, 1.82) is 0 Å². The van der Waals surface area contributed by atoms with Gasteiger partial charge in [-0.2, -0.15) is 0 Å². The number of hydrogen-bond acceptors (Lipinski definition) is 4. The lowest BCUT2D eigenvalue weighted by Crippen LogP contribution is -2.37. The minimum atomic E-state index is -0.0307. The van der Waals surface area contributed by atoms with E-state index in [2.05, 4.69) is 22.6 Å². The predicted octanol–water partition coefficient (Wildman–Crippen LogP) is 2.09. The molecule has 1 aromatic heterocycles. The van der Waals surface area contributed by atoms with Crippen LogP contribution < -0.4 is 5.32 Å². The van der Waals surface area contributed by atoms with E-state index in [9.17, 15) is 4.79 Å². The van der Waals surface area contributed by atoms with Gasteiger partial charge in [-0.15, -0.1) is 0 Å². The maximum Gasteiger partial charge on any atom is 0.224 e.